The van der Waals surface area contributed by atoms with Gasteiger partial charge in [-0.05, 0) is 40.7 Å². The fraction of sp³-hybridized carbons (Fsp3) is 0.389. The highest BCUT2D eigenvalue weighted by atomic mass is 32.2. The van der Waals surface area contributed by atoms with Crippen LogP contribution < -0.4 is 5.32 Å². The molecule has 1 N–H and O–H groups in total. The normalized spacial score (nSPS) is 11.7. The van der Waals surface area contributed by atoms with E-state index in [4.69, 9.17) is 9.15 Å². The number of carbonyl (C=O) groups excluding carboxylic acids is 3. The summed E-state index contributed by atoms with van der Waals surface area (Å²) < 4.78 is 10.5. The van der Waals surface area contributed by atoms with Crippen LogP contribution in [0.1, 0.15) is 52.9 Å². The van der Waals surface area contributed by atoms with Crippen molar-refractivity contribution in [3.63, 3.8) is 0 Å². The van der Waals surface area contributed by atoms with Crippen molar-refractivity contribution in [3.8, 4) is 0 Å². The number of carbonyl (C=O) groups is 3. The number of hydrogen-bond donors (Lipinski definition) is 1. The number of furan rings is 1. The molecule has 27 heavy (non-hydrogen) atoms. The van der Waals surface area contributed by atoms with Crippen molar-refractivity contribution in [1.82, 2.24) is 9.97 Å². The maximum atomic E-state index is 12.6. The first-order valence-corrected chi connectivity index (χ1v) is 9.20. The summed E-state index contributed by atoms with van der Waals surface area (Å²) in [6.07, 6.45) is 1.43. The highest BCUT2D eigenvalue weighted by Gasteiger charge is 2.29. The molecule has 1 amide bonds. The topological polar surface area (TPSA) is 111 Å². The van der Waals surface area contributed by atoms with E-state index in [1.165, 1.54) is 25.0 Å². The van der Waals surface area contributed by atoms with Crippen LogP contribution in [0.4, 0.5) is 5.88 Å². The Balaban J connectivity index is 2.25. The standard InChI is InChI=1S/C18H21N3O5S/c1-6-25-18(24)15-14(10(3)22)11(4)26-17(15)21-16(23)12(5)27-13-7-9(2)19-8-20-13/h7-8,12H,6H2,1-5H3,(H,21,23). The highest BCUT2D eigenvalue weighted by Crippen LogP contribution is 2.30. The number of ether oxygens (including phenoxy) is 1. The van der Waals surface area contributed by atoms with Gasteiger partial charge in [-0.15, -0.1) is 0 Å². The fourth-order valence-corrected chi connectivity index (χ4v) is 3.27. The average molecular weight is 391 g/mol. The molecule has 2 aromatic heterocycles. The lowest BCUT2D eigenvalue weighted by atomic mass is 10.1. The van der Waals surface area contributed by atoms with Crippen molar-refractivity contribution in [2.45, 2.75) is 44.9 Å². The van der Waals surface area contributed by atoms with Crippen LogP contribution >= 0.6 is 11.8 Å². The van der Waals surface area contributed by atoms with Crippen molar-refractivity contribution < 1.29 is 23.5 Å². The van der Waals surface area contributed by atoms with Gasteiger partial charge in [-0.2, -0.15) is 0 Å². The predicted molar refractivity (Wildman–Crippen MR) is 100 cm³/mol. The number of Topliss-reactive ketones (excluding diaryl/α,β-unsaturated/α-hetero) is 1. The second-order valence-electron chi connectivity index (χ2n) is 5.76. The lowest BCUT2D eigenvalue weighted by Crippen LogP contribution is -2.24. The number of anilines is 1. The quantitative estimate of drug-likeness (QED) is 0.331. The second-order valence-corrected chi connectivity index (χ2v) is 7.12. The van der Waals surface area contributed by atoms with Crippen LogP contribution in [-0.2, 0) is 9.53 Å². The van der Waals surface area contributed by atoms with E-state index in [9.17, 15) is 14.4 Å². The molecule has 9 heteroatoms. The van der Waals surface area contributed by atoms with Gasteiger partial charge in [0.05, 0.1) is 17.4 Å². The number of nitrogens with one attached hydrogen (secondary N) is 1. The zero-order valence-corrected chi connectivity index (χ0v) is 16.6. The lowest BCUT2D eigenvalue weighted by molar-refractivity contribution is -0.115. The number of thioether (sulfide) groups is 1. The Hall–Kier alpha value is -2.68. The van der Waals surface area contributed by atoms with E-state index in [1.54, 1.807) is 26.8 Å². The van der Waals surface area contributed by atoms with Crippen molar-refractivity contribution >= 4 is 35.3 Å². The number of aryl methyl sites for hydroxylation is 2. The maximum Gasteiger partial charge on any atom is 0.344 e. The van der Waals surface area contributed by atoms with Crippen LogP contribution in [0.15, 0.2) is 21.8 Å². The molecule has 0 radical (unpaired) electrons. The minimum Gasteiger partial charge on any atom is -0.462 e. The Morgan fingerprint density at radius 2 is 1.96 bits per heavy atom. The summed E-state index contributed by atoms with van der Waals surface area (Å²) in [5, 5.41) is 2.70. The minimum absolute atomic E-state index is 0.0646. The first-order chi connectivity index (χ1) is 12.7. The van der Waals surface area contributed by atoms with Crippen LogP contribution in [-0.4, -0.2) is 39.5 Å². The van der Waals surface area contributed by atoms with Crippen molar-refractivity contribution in [2.75, 3.05) is 11.9 Å². The molecular formula is C18H21N3O5S. The van der Waals surface area contributed by atoms with E-state index in [0.717, 1.165) is 5.69 Å². The molecule has 2 aromatic rings. The average Bonchev–Trinajstić information content (AvgIpc) is 2.91. The summed E-state index contributed by atoms with van der Waals surface area (Å²) in [6.45, 7) is 8.19. The predicted octanol–water partition coefficient (Wildman–Crippen LogP) is 3.19. The molecule has 1 atom stereocenters. The van der Waals surface area contributed by atoms with Gasteiger partial charge in [-0.3, -0.25) is 14.9 Å². The van der Waals surface area contributed by atoms with Crippen molar-refractivity contribution in [1.29, 1.82) is 0 Å². The third-order valence-electron chi connectivity index (χ3n) is 3.60. The number of amides is 1. The zero-order valence-electron chi connectivity index (χ0n) is 15.8. The van der Waals surface area contributed by atoms with Gasteiger partial charge < -0.3 is 9.15 Å². The van der Waals surface area contributed by atoms with Gasteiger partial charge in [0.1, 0.15) is 22.7 Å². The van der Waals surface area contributed by atoms with Gasteiger partial charge in [-0.1, -0.05) is 11.8 Å². The molecular weight excluding hydrogens is 370 g/mol. The van der Waals surface area contributed by atoms with Crippen LogP contribution in [0.2, 0.25) is 0 Å². The second kappa shape index (κ2) is 8.81. The SMILES string of the molecule is CCOC(=O)c1c(NC(=O)C(C)Sc2cc(C)ncn2)oc(C)c1C(C)=O. The van der Waals surface area contributed by atoms with E-state index in [-0.39, 0.29) is 35.2 Å². The monoisotopic (exact) mass is 391 g/mol. The summed E-state index contributed by atoms with van der Waals surface area (Å²) in [6, 6.07) is 1.77. The molecule has 0 aliphatic carbocycles. The Labute approximate surface area is 161 Å². The zero-order chi connectivity index (χ0) is 20.1. The number of esters is 1. The molecule has 0 spiro atoms. The van der Waals surface area contributed by atoms with Crippen molar-refractivity contribution in [3.05, 3.63) is 35.0 Å². The number of hydrogen-bond acceptors (Lipinski definition) is 8. The van der Waals surface area contributed by atoms with E-state index in [1.807, 2.05) is 6.92 Å². The molecule has 0 saturated carbocycles. The van der Waals surface area contributed by atoms with E-state index >= 15 is 0 Å². The molecule has 0 saturated heterocycles. The smallest absolute Gasteiger partial charge is 0.344 e. The number of ketones is 1. The molecule has 144 valence electrons. The first kappa shape index (κ1) is 20.6. The summed E-state index contributed by atoms with van der Waals surface area (Å²) >= 11 is 1.24. The number of aromatic nitrogens is 2. The molecule has 0 fully saturated rings. The first-order valence-electron chi connectivity index (χ1n) is 8.32. The maximum absolute atomic E-state index is 12.6. The van der Waals surface area contributed by atoms with E-state index in [0.29, 0.717) is 5.03 Å². The van der Waals surface area contributed by atoms with Crippen LogP contribution in [0.3, 0.4) is 0 Å². The fourth-order valence-electron chi connectivity index (χ4n) is 2.40. The molecule has 0 aliphatic rings. The molecule has 0 aromatic carbocycles. The Bertz CT molecular complexity index is 878. The number of nitrogens with zero attached hydrogens (tertiary/aromatic N) is 2. The highest BCUT2D eigenvalue weighted by molar-refractivity contribution is 8.00. The summed E-state index contributed by atoms with van der Waals surface area (Å²) in [7, 11) is 0. The summed E-state index contributed by atoms with van der Waals surface area (Å²) in [5.41, 5.74) is 0.832. The number of rotatable bonds is 7. The Kier molecular flexibility index (Phi) is 6.73. The van der Waals surface area contributed by atoms with Gasteiger partial charge in [0, 0.05) is 5.69 Å². The van der Waals surface area contributed by atoms with Gasteiger partial charge in [0.25, 0.3) is 0 Å². The third-order valence-corrected chi connectivity index (χ3v) is 4.63. The van der Waals surface area contributed by atoms with Gasteiger partial charge in [0.15, 0.2) is 5.78 Å². The molecule has 8 nitrogen and oxygen atoms in total. The summed E-state index contributed by atoms with van der Waals surface area (Å²) in [4.78, 5) is 44.9. The lowest BCUT2D eigenvalue weighted by Gasteiger charge is -2.11. The van der Waals surface area contributed by atoms with E-state index in [2.05, 4.69) is 15.3 Å². The minimum atomic E-state index is -0.721. The van der Waals surface area contributed by atoms with Gasteiger partial charge in [-0.25, -0.2) is 14.8 Å². The van der Waals surface area contributed by atoms with Gasteiger partial charge in [0.2, 0.25) is 11.8 Å². The molecule has 1 unspecified atom stereocenters. The third kappa shape index (κ3) is 4.94. The van der Waals surface area contributed by atoms with E-state index < -0.39 is 17.1 Å². The van der Waals surface area contributed by atoms with Crippen LogP contribution in [0, 0.1) is 13.8 Å². The van der Waals surface area contributed by atoms with Crippen molar-refractivity contribution in [2.24, 2.45) is 0 Å². The Morgan fingerprint density at radius 1 is 1.26 bits per heavy atom. The molecule has 0 aliphatic heterocycles. The van der Waals surface area contributed by atoms with Gasteiger partial charge >= 0.3 is 5.97 Å². The van der Waals surface area contributed by atoms with Crippen LogP contribution in [0.25, 0.3) is 0 Å². The Morgan fingerprint density at radius 3 is 2.56 bits per heavy atom. The molecule has 2 heterocycles. The summed E-state index contributed by atoms with van der Waals surface area (Å²) in [5.74, 6) is -1.31. The largest absolute Gasteiger partial charge is 0.462 e. The molecule has 2 rings (SSSR count). The van der Waals surface area contributed by atoms with Crippen LogP contribution in [0.5, 0.6) is 0 Å². The molecule has 0 bridgehead atoms.